The summed E-state index contributed by atoms with van der Waals surface area (Å²) in [6, 6.07) is 45.2. The van der Waals surface area contributed by atoms with E-state index < -0.39 is 0 Å². The van der Waals surface area contributed by atoms with Crippen LogP contribution in [-0.2, 0) is 10.8 Å². The number of fused-ring (bicyclic) bond motifs is 8. The number of allylic oxidation sites excluding steroid dienone is 1. The molecular formula is C44H37N2+. The van der Waals surface area contributed by atoms with Crippen molar-refractivity contribution in [2.75, 3.05) is 0 Å². The molecule has 46 heavy (non-hydrogen) atoms. The van der Waals surface area contributed by atoms with Crippen molar-refractivity contribution < 1.29 is 4.57 Å². The van der Waals surface area contributed by atoms with Crippen LogP contribution in [-0.4, -0.2) is 4.57 Å². The number of nitrogens with zero attached hydrogens (tertiary/aromatic N) is 2. The molecule has 0 N–H and O–H groups in total. The molecule has 5 aromatic carbocycles. The van der Waals surface area contributed by atoms with Gasteiger partial charge in [-0.15, -0.1) is 0 Å². The van der Waals surface area contributed by atoms with E-state index in [2.05, 4.69) is 171 Å². The smallest absolute Gasteiger partial charge is 0.218 e. The Balaban J connectivity index is 1.35. The van der Waals surface area contributed by atoms with Crippen molar-refractivity contribution in [3.8, 4) is 39.2 Å². The number of aromatic nitrogens is 2. The molecule has 0 fully saturated rings. The Morgan fingerprint density at radius 2 is 1.35 bits per heavy atom. The Morgan fingerprint density at radius 1 is 0.630 bits per heavy atom. The number of hydrogen-bond donors (Lipinski definition) is 0. The Kier molecular flexibility index (Phi) is 5.55. The molecule has 0 spiro atoms. The molecule has 2 aliphatic rings. The van der Waals surface area contributed by atoms with E-state index in [4.69, 9.17) is 0 Å². The van der Waals surface area contributed by atoms with Crippen LogP contribution in [0.3, 0.4) is 0 Å². The molecule has 1 atom stereocenters. The number of hydrogen-bond acceptors (Lipinski definition) is 0. The maximum absolute atomic E-state index is 4.58. The Morgan fingerprint density at radius 3 is 2.17 bits per heavy atom. The predicted octanol–water partition coefficient (Wildman–Crippen LogP) is 10.9. The van der Waals surface area contributed by atoms with Crippen molar-refractivity contribution in [3.63, 3.8) is 0 Å². The fourth-order valence-electron chi connectivity index (χ4n) is 8.32. The van der Waals surface area contributed by atoms with Gasteiger partial charge < -0.3 is 4.57 Å². The summed E-state index contributed by atoms with van der Waals surface area (Å²) >= 11 is 0. The van der Waals surface area contributed by atoms with Crippen molar-refractivity contribution >= 4 is 27.5 Å². The van der Waals surface area contributed by atoms with Crippen molar-refractivity contribution in [1.29, 1.82) is 0 Å². The molecule has 0 amide bonds. The van der Waals surface area contributed by atoms with Crippen LogP contribution in [0, 0.1) is 0 Å². The first-order valence-electron chi connectivity index (χ1n) is 16.4. The first-order valence-corrected chi connectivity index (χ1v) is 16.4. The van der Waals surface area contributed by atoms with E-state index in [0.717, 1.165) is 12.1 Å². The number of rotatable bonds is 3. The minimum Gasteiger partial charge on any atom is -0.309 e. The molecule has 4 heterocycles. The minimum absolute atomic E-state index is 0.129. The van der Waals surface area contributed by atoms with Crippen LogP contribution in [0.5, 0.6) is 0 Å². The highest BCUT2D eigenvalue weighted by Gasteiger charge is 2.43. The highest BCUT2D eigenvalue weighted by atomic mass is 15.0. The molecule has 0 radical (unpaired) electrons. The SMILES string of the molecule is C=C1[n+]2ccccc2-c2cc(-c3cc4c5c(c3)c3cc(-c6ccccc6)ccc3n5-c3ccccc3C4(C)C)ccc2C1(C)CC. The Bertz CT molecular complexity index is 2410. The lowest BCUT2D eigenvalue weighted by molar-refractivity contribution is -0.577. The standard InChI is InChI=1S/C44H37N2/c1-6-44(5)28(2)45-23-13-12-17-39(45)35-25-31(19-21-36(35)44)32-26-34-33-24-30(29-14-8-7-9-15-29)20-22-40(33)46-41-18-11-10-16-37(41)43(3,4)38(27-32)42(34)46/h7-27H,2,6H2,1,3-5H3/q+1. The fraction of sp³-hybridized carbons (Fsp3) is 0.159. The molecule has 2 aromatic heterocycles. The van der Waals surface area contributed by atoms with Gasteiger partial charge in [0.1, 0.15) is 0 Å². The van der Waals surface area contributed by atoms with Gasteiger partial charge in [0.15, 0.2) is 11.9 Å². The summed E-state index contributed by atoms with van der Waals surface area (Å²) in [7, 11) is 0. The van der Waals surface area contributed by atoms with Crippen LogP contribution in [0.2, 0.25) is 0 Å². The molecule has 0 saturated heterocycles. The fourth-order valence-corrected chi connectivity index (χ4v) is 8.32. The lowest BCUT2D eigenvalue weighted by atomic mass is 9.71. The monoisotopic (exact) mass is 593 g/mol. The van der Waals surface area contributed by atoms with Crippen LogP contribution in [0.1, 0.15) is 50.8 Å². The summed E-state index contributed by atoms with van der Waals surface area (Å²) in [5.74, 6) is 0. The highest BCUT2D eigenvalue weighted by Crippen LogP contribution is 2.50. The quantitative estimate of drug-likeness (QED) is 0.180. The lowest BCUT2D eigenvalue weighted by Gasteiger charge is -2.35. The summed E-state index contributed by atoms with van der Waals surface area (Å²) in [5, 5.41) is 2.60. The minimum atomic E-state index is -0.160. The first-order chi connectivity index (χ1) is 22.3. The molecule has 0 saturated carbocycles. The van der Waals surface area contributed by atoms with E-state index in [1.54, 1.807) is 0 Å². The van der Waals surface area contributed by atoms with Gasteiger partial charge in [-0.25, -0.2) is 0 Å². The summed E-state index contributed by atoms with van der Waals surface area (Å²) in [5.41, 5.74) is 16.3. The second-order valence-electron chi connectivity index (χ2n) is 13.8. The predicted molar refractivity (Wildman–Crippen MR) is 192 cm³/mol. The van der Waals surface area contributed by atoms with Crippen LogP contribution in [0.15, 0.2) is 134 Å². The van der Waals surface area contributed by atoms with E-state index in [0.29, 0.717) is 0 Å². The van der Waals surface area contributed by atoms with Crippen molar-refractivity contribution in [2.45, 2.75) is 44.9 Å². The van der Waals surface area contributed by atoms with Crippen molar-refractivity contribution in [3.05, 3.63) is 151 Å². The van der Waals surface area contributed by atoms with Gasteiger partial charge in [-0.3, -0.25) is 0 Å². The molecular weight excluding hydrogens is 556 g/mol. The average Bonchev–Trinajstić information content (AvgIpc) is 3.43. The maximum Gasteiger partial charge on any atom is 0.218 e. The second-order valence-corrected chi connectivity index (χ2v) is 13.8. The third kappa shape index (κ3) is 3.50. The maximum atomic E-state index is 4.58. The zero-order valence-electron chi connectivity index (χ0n) is 26.9. The zero-order chi connectivity index (χ0) is 31.4. The molecule has 7 aromatic rings. The molecule has 2 aliphatic heterocycles. The van der Waals surface area contributed by atoms with Gasteiger partial charge in [0.2, 0.25) is 5.69 Å². The van der Waals surface area contributed by atoms with Gasteiger partial charge in [0.25, 0.3) is 0 Å². The average molecular weight is 594 g/mol. The van der Waals surface area contributed by atoms with E-state index in [1.165, 1.54) is 77.7 Å². The van der Waals surface area contributed by atoms with Crippen LogP contribution >= 0.6 is 0 Å². The Labute approximate surface area is 270 Å². The normalized spacial score (nSPS) is 17.5. The van der Waals surface area contributed by atoms with E-state index in [-0.39, 0.29) is 10.8 Å². The highest BCUT2D eigenvalue weighted by molar-refractivity contribution is 6.14. The topological polar surface area (TPSA) is 8.81 Å². The second kappa shape index (κ2) is 9.40. The third-order valence-electron chi connectivity index (χ3n) is 11.2. The number of benzene rings is 5. The Hall–Kier alpha value is -5.21. The van der Waals surface area contributed by atoms with Gasteiger partial charge in [0.05, 0.1) is 27.7 Å². The summed E-state index contributed by atoms with van der Waals surface area (Å²) in [6.45, 7) is 14.0. The van der Waals surface area contributed by atoms with E-state index in [9.17, 15) is 0 Å². The third-order valence-corrected chi connectivity index (χ3v) is 11.2. The largest absolute Gasteiger partial charge is 0.309 e. The molecule has 2 heteroatoms. The zero-order valence-corrected chi connectivity index (χ0v) is 26.9. The molecule has 0 aliphatic carbocycles. The number of para-hydroxylation sites is 1. The lowest BCUT2D eigenvalue weighted by Crippen LogP contribution is -2.47. The van der Waals surface area contributed by atoms with E-state index in [1.807, 2.05) is 0 Å². The molecule has 9 rings (SSSR count). The summed E-state index contributed by atoms with van der Waals surface area (Å²) in [4.78, 5) is 0. The van der Waals surface area contributed by atoms with Crippen molar-refractivity contribution in [2.24, 2.45) is 0 Å². The van der Waals surface area contributed by atoms with Crippen LogP contribution in [0.4, 0.5) is 0 Å². The first kappa shape index (κ1) is 27.1. The summed E-state index contributed by atoms with van der Waals surface area (Å²) < 4.78 is 4.80. The van der Waals surface area contributed by atoms with Gasteiger partial charge in [-0.05, 0) is 101 Å². The van der Waals surface area contributed by atoms with Gasteiger partial charge in [0, 0.05) is 28.3 Å². The molecule has 2 nitrogen and oxygen atoms in total. The van der Waals surface area contributed by atoms with Crippen LogP contribution in [0.25, 0.3) is 66.7 Å². The van der Waals surface area contributed by atoms with Crippen molar-refractivity contribution in [1.82, 2.24) is 4.57 Å². The van der Waals surface area contributed by atoms with Gasteiger partial charge in [-0.2, -0.15) is 4.57 Å². The molecule has 1 unspecified atom stereocenters. The van der Waals surface area contributed by atoms with Crippen LogP contribution < -0.4 is 4.57 Å². The van der Waals surface area contributed by atoms with Gasteiger partial charge in [-0.1, -0.05) is 87.5 Å². The van der Waals surface area contributed by atoms with E-state index >= 15 is 0 Å². The van der Waals surface area contributed by atoms with Gasteiger partial charge >= 0.3 is 0 Å². The summed E-state index contributed by atoms with van der Waals surface area (Å²) in [6.07, 6.45) is 3.16. The molecule has 222 valence electrons. The number of pyridine rings is 1. The molecule has 0 bridgehead atoms.